The van der Waals surface area contributed by atoms with Crippen molar-refractivity contribution in [3.05, 3.63) is 40.7 Å². The van der Waals surface area contributed by atoms with E-state index < -0.39 is 5.97 Å². The minimum atomic E-state index is -0.656. The van der Waals surface area contributed by atoms with E-state index in [1.54, 1.807) is 6.92 Å². The maximum atomic E-state index is 12.2. The molecular formula is C19H26N4O3. The van der Waals surface area contributed by atoms with E-state index in [2.05, 4.69) is 15.5 Å². The molecule has 0 aliphatic carbocycles. The number of aromatic nitrogens is 3. The first-order chi connectivity index (χ1) is 12.3. The smallest absolute Gasteiger partial charge is 0.361 e. The minimum Gasteiger partial charge on any atom is -0.451 e. The molecule has 0 aliphatic heterocycles. The topological polar surface area (TPSA) is 86.1 Å². The highest BCUT2D eigenvalue weighted by Gasteiger charge is 2.20. The Bertz CT molecular complexity index is 798. The molecule has 1 N–H and O–H groups in total. The molecule has 0 unspecified atom stereocenters. The molecule has 0 saturated heterocycles. The number of amides is 1. The van der Waals surface area contributed by atoms with Crippen molar-refractivity contribution >= 4 is 11.9 Å². The summed E-state index contributed by atoms with van der Waals surface area (Å²) < 4.78 is 5.08. The third-order valence-corrected chi connectivity index (χ3v) is 4.01. The van der Waals surface area contributed by atoms with E-state index in [4.69, 9.17) is 4.74 Å². The summed E-state index contributed by atoms with van der Waals surface area (Å²) in [6, 6.07) is 5.94. The van der Waals surface area contributed by atoms with E-state index in [9.17, 15) is 9.59 Å². The number of esters is 1. The summed E-state index contributed by atoms with van der Waals surface area (Å²) >= 11 is 0. The quantitative estimate of drug-likeness (QED) is 0.769. The normalized spacial score (nSPS) is 11.9. The SMILES string of the molecule is CCC[C@@H](C)NC(=O)COC(=O)c1nn(-c2ccc(C)cc2C)nc1C. The number of hydrogen-bond donors (Lipinski definition) is 1. The van der Waals surface area contributed by atoms with Gasteiger partial charge in [-0.3, -0.25) is 4.79 Å². The summed E-state index contributed by atoms with van der Waals surface area (Å²) in [6.45, 7) is 9.29. The van der Waals surface area contributed by atoms with Crippen molar-refractivity contribution in [3.8, 4) is 5.69 Å². The average molecular weight is 358 g/mol. The van der Waals surface area contributed by atoms with Crippen LogP contribution in [0.25, 0.3) is 5.69 Å². The number of ether oxygens (including phenoxy) is 1. The number of carbonyl (C=O) groups is 2. The molecule has 2 aromatic rings. The van der Waals surface area contributed by atoms with E-state index in [0.717, 1.165) is 29.7 Å². The Labute approximate surface area is 153 Å². The van der Waals surface area contributed by atoms with Crippen molar-refractivity contribution in [2.24, 2.45) is 0 Å². The van der Waals surface area contributed by atoms with Crippen LogP contribution in [-0.4, -0.2) is 39.5 Å². The average Bonchev–Trinajstić information content (AvgIpc) is 2.94. The zero-order chi connectivity index (χ0) is 19.3. The summed E-state index contributed by atoms with van der Waals surface area (Å²) in [4.78, 5) is 25.5. The van der Waals surface area contributed by atoms with Crippen molar-refractivity contribution in [1.29, 1.82) is 0 Å². The number of carbonyl (C=O) groups excluding carboxylic acids is 2. The molecule has 1 aromatic carbocycles. The number of rotatable bonds is 7. The molecule has 0 saturated carbocycles. The van der Waals surface area contributed by atoms with E-state index in [-0.39, 0.29) is 24.2 Å². The fraction of sp³-hybridized carbons (Fsp3) is 0.474. The maximum absolute atomic E-state index is 12.2. The fourth-order valence-electron chi connectivity index (χ4n) is 2.73. The first kappa shape index (κ1) is 19.6. The van der Waals surface area contributed by atoms with Crippen molar-refractivity contribution in [3.63, 3.8) is 0 Å². The maximum Gasteiger partial charge on any atom is 0.361 e. The second kappa shape index (κ2) is 8.60. The van der Waals surface area contributed by atoms with Gasteiger partial charge in [-0.25, -0.2) is 4.79 Å². The lowest BCUT2D eigenvalue weighted by molar-refractivity contribution is -0.124. The monoisotopic (exact) mass is 358 g/mol. The molecule has 0 radical (unpaired) electrons. The molecule has 2 rings (SSSR count). The van der Waals surface area contributed by atoms with Crippen LogP contribution in [0.2, 0.25) is 0 Å². The number of aryl methyl sites for hydroxylation is 3. The van der Waals surface area contributed by atoms with Crippen LogP contribution in [0.3, 0.4) is 0 Å². The third-order valence-electron chi connectivity index (χ3n) is 4.01. The standard InChI is InChI=1S/C19H26N4O3/c1-6-7-14(4)20-17(24)11-26-19(25)18-15(5)21-23(22-18)16-9-8-12(2)10-13(16)3/h8-10,14H,6-7,11H2,1-5H3,(H,20,24)/t14-/m1/s1. The fourth-order valence-corrected chi connectivity index (χ4v) is 2.73. The third kappa shape index (κ3) is 4.91. The molecule has 1 amide bonds. The van der Waals surface area contributed by atoms with Crippen molar-refractivity contribution in [2.45, 2.75) is 53.5 Å². The Morgan fingerprint density at radius 1 is 1.23 bits per heavy atom. The molecule has 1 heterocycles. The number of nitrogens with one attached hydrogen (secondary N) is 1. The predicted octanol–water partition coefficient (Wildman–Crippen LogP) is 2.65. The zero-order valence-electron chi connectivity index (χ0n) is 16.0. The molecule has 1 atom stereocenters. The van der Waals surface area contributed by atoms with Gasteiger partial charge < -0.3 is 10.1 Å². The summed E-state index contributed by atoms with van der Waals surface area (Å²) in [5, 5.41) is 11.3. The highest BCUT2D eigenvalue weighted by molar-refractivity contribution is 5.90. The zero-order valence-corrected chi connectivity index (χ0v) is 16.0. The Morgan fingerprint density at radius 3 is 2.62 bits per heavy atom. The molecule has 0 bridgehead atoms. The Kier molecular flexibility index (Phi) is 6.49. The van der Waals surface area contributed by atoms with Gasteiger partial charge in [0, 0.05) is 6.04 Å². The highest BCUT2D eigenvalue weighted by Crippen LogP contribution is 2.15. The number of nitrogens with zero attached hydrogens (tertiary/aromatic N) is 3. The van der Waals surface area contributed by atoms with E-state index in [1.165, 1.54) is 4.80 Å². The van der Waals surface area contributed by atoms with E-state index in [1.807, 2.05) is 45.9 Å². The second-order valence-electron chi connectivity index (χ2n) is 6.55. The van der Waals surface area contributed by atoms with Crippen LogP contribution in [0.5, 0.6) is 0 Å². The van der Waals surface area contributed by atoms with Gasteiger partial charge in [0.2, 0.25) is 0 Å². The van der Waals surface area contributed by atoms with Crippen LogP contribution in [0.4, 0.5) is 0 Å². The van der Waals surface area contributed by atoms with Gasteiger partial charge in [0.15, 0.2) is 12.3 Å². The van der Waals surface area contributed by atoms with E-state index in [0.29, 0.717) is 5.69 Å². The van der Waals surface area contributed by atoms with Gasteiger partial charge in [-0.1, -0.05) is 31.0 Å². The molecular weight excluding hydrogens is 332 g/mol. The molecule has 140 valence electrons. The molecule has 7 heteroatoms. The van der Waals surface area contributed by atoms with E-state index >= 15 is 0 Å². The second-order valence-corrected chi connectivity index (χ2v) is 6.55. The van der Waals surface area contributed by atoms with Gasteiger partial charge in [-0.2, -0.15) is 9.90 Å². The van der Waals surface area contributed by atoms with Gasteiger partial charge in [-0.15, -0.1) is 5.10 Å². The first-order valence-corrected chi connectivity index (χ1v) is 8.79. The lowest BCUT2D eigenvalue weighted by Gasteiger charge is -2.12. The van der Waals surface area contributed by atoms with Gasteiger partial charge >= 0.3 is 5.97 Å². The Hall–Kier alpha value is -2.70. The van der Waals surface area contributed by atoms with Crippen molar-refractivity contribution < 1.29 is 14.3 Å². The summed E-state index contributed by atoms with van der Waals surface area (Å²) in [5.41, 5.74) is 3.50. The van der Waals surface area contributed by atoms with Crippen LogP contribution in [0.15, 0.2) is 18.2 Å². The van der Waals surface area contributed by atoms with Gasteiger partial charge in [0.05, 0.1) is 11.4 Å². The minimum absolute atomic E-state index is 0.0540. The summed E-state index contributed by atoms with van der Waals surface area (Å²) in [5.74, 6) is -0.976. The molecule has 26 heavy (non-hydrogen) atoms. The predicted molar refractivity (Wildman–Crippen MR) is 98.4 cm³/mol. The molecule has 0 fully saturated rings. The summed E-state index contributed by atoms with van der Waals surface area (Å²) in [6.07, 6.45) is 1.85. The largest absolute Gasteiger partial charge is 0.451 e. The highest BCUT2D eigenvalue weighted by atomic mass is 16.5. The molecule has 0 aliphatic rings. The Balaban J connectivity index is 2.04. The molecule has 7 nitrogen and oxygen atoms in total. The van der Waals surface area contributed by atoms with Crippen LogP contribution in [-0.2, 0) is 9.53 Å². The van der Waals surface area contributed by atoms with Gasteiger partial charge in [0.25, 0.3) is 5.91 Å². The van der Waals surface area contributed by atoms with Crippen molar-refractivity contribution in [1.82, 2.24) is 20.3 Å². The lowest BCUT2D eigenvalue weighted by atomic mass is 10.1. The van der Waals surface area contributed by atoms with Crippen LogP contribution >= 0.6 is 0 Å². The Morgan fingerprint density at radius 2 is 1.96 bits per heavy atom. The molecule has 1 aromatic heterocycles. The van der Waals surface area contributed by atoms with Gasteiger partial charge in [-0.05, 0) is 45.7 Å². The van der Waals surface area contributed by atoms with Crippen LogP contribution in [0, 0.1) is 20.8 Å². The number of hydrogen-bond acceptors (Lipinski definition) is 5. The number of benzene rings is 1. The summed E-state index contributed by atoms with van der Waals surface area (Å²) in [7, 11) is 0. The van der Waals surface area contributed by atoms with Crippen LogP contribution < -0.4 is 5.32 Å². The lowest BCUT2D eigenvalue weighted by Crippen LogP contribution is -2.35. The van der Waals surface area contributed by atoms with Gasteiger partial charge in [0.1, 0.15) is 0 Å². The first-order valence-electron chi connectivity index (χ1n) is 8.79. The van der Waals surface area contributed by atoms with Crippen LogP contribution in [0.1, 0.15) is 54.0 Å². The molecule has 0 spiro atoms. The van der Waals surface area contributed by atoms with Crippen molar-refractivity contribution in [2.75, 3.05) is 6.61 Å².